The predicted molar refractivity (Wildman–Crippen MR) is 106 cm³/mol. The average molecular weight is 371 g/mol. The average Bonchev–Trinajstić information content (AvgIpc) is 3.41. The maximum atomic E-state index is 15.2. The third-order valence-corrected chi connectivity index (χ3v) is 4.72. The highest BCUT2D eigenvalue weighted by molar-refractivity contribution is 6.09. The number of nitrogens with zero attached hydrogens (tertiary/aromatic N) is 3. The normalized spacial score (nSPS) is 11.2. The van der Waals surface area contributed by atoms with Crippen LogP contribution in [0.3, 0.4) is 0 Å². The van der Waals surface area contributed by atoms with Crippen LogP contribution in [0.1, 0.15) is 10.5 Å². The number of pyridine rings is 1. The third kappa shape index (κ3) is 2.52. The smallest absolute Gasteiger partial charge is 0.304 e. The predicted octanol–water partition coefficient (Wildman–Crippen LogP) is 4.64. The van der Waals surface area contributed by atoms with Crippen molar-refractivity contribution in [3.63, 3.8) is 0 Å². The first-order valence-electron chi connectivity index (χ1n) is 8.67. The van der Waals surface area contributed by atoms with E-state index in [0.29, 0.717) is 10.9 Å². The monoisotopic (exact) mass is 371 g/mol. The van der Waals surface area contributed by atoms with Crippen molar-refractivity contribution in [1.82, 2.24) is 20.2 Å². The summed E-state index contributed by atoms with van der Waals surface area (Å²) >= 11 is 0. The lowest BCUT2D eigenvalue weighted by Crippen LogP contribution is -2.23. The molecule has 0 saturated carbocycles. The molecule has 0 aliphatic rings. The van der Waals surface area contributed by atoms with Crippen molar-refractivity contribution in [3.8, 4) is 11.1 Å². The number of anilines is 1. The Morgan fingerprint density at radius 3 is 2.79 bits per heavy atom. The number of benzene rings is 2. The Balaban J connectivity index is 1.68. The Hall–Kier alpha value is -4.00. The van der Waals surface area contributed by atoms with Gasteiger partial charge in [0.1, 0.15) is 5.69 Å². The molecule has 7 heteroatoms. The van der Waals surface area contributed by atoms with Crippen molar-refractivity contribution in [2.45, 2.75) is 0 Å². The van der Waals surface area contributed by atoms with Crippen LogP contribution in [0.25, 0.3) is 32.9 Å². The number of H-pyrrole nitrogens is 2. The van der Waals surface area contributed by atoms with Gasteiger partial charge < -0.3 is 4.98 Å². The number of hydrogen-bond acceptors (Lipinski definition) is 3. The molecule has 0 unspecified atom stereocenters. The van der Waals surface area contributed by atoms with Crippen molar-refractivity contribution in [2.75, 3.05) is 5.12 Å². The van der Waals surface area contributed by atoms with E-state index in [4.69, 9.17) is 0 Å². The number of aromatic nitrogens is 4. The Bertz CT molecular complexity index is 1310. The Morgan fingerprint density at radius 1 is 1.00 bits per heavy atom. The van der Waals surface area contributed by atoms with Crippen LogP contribution in [-0.4, -0.2) is 26.1 Å². The largest absolute Gasteiger partial charge is 0.361 e. The summed E-state index contributed by atoms with van der Waals surface area (Å²) in [4.78, 5) is 19.7. The second kappa shape index (κ2) is 6.31. The second-order valence-electron chi connectivity index (χ2n) is 6.37. The molecule has 0 atom stereocenters. The fraction of sp³-hybridized carbons (Fsp3) is 0. The number of nitrogens with one attached hydrogen (secondary N) is 2. The molecule has 0 radical (unpaired) electrons. The molecule has 0 aliphatic carbocycles. The van der Waals surface area contributed by atoms with Gasteiger partial charge in [0.05, 0.1) is 17.4 Å². The number of hydrogen-bond donors (Lipinski definition) is 2. The number of fused-ring (bicyclic) bond motifs is 2. The lowest BCUT2D eigenvalue weighted by atomic mass is 9.99. The van der Waals surface area contributed by atoms with E-state index in [9.17, 15) is 4.79 Å². The standard InChI is InChI=1S/C21H14FN5O/c22-27(21(28)18-5-1-2-8-23-18)20-11-13(10-19-16(20)12-25-26-19)14-4-3-6-17-15(14)7-9-24-17/h1-12,24H,(H,25,26). The topological polar surface area (TPSA) is 77.7 Å². The van der Waals surface area contributed by atoms with Gasteiger partial charge in [-0.15, -0.1) is 5.12 Å². The summed E-state index contributed by atoms with van der Waals surface area (Å²) in [5.74, 6) is -0.833. The number of carbonyl (C=O) groups excluding carboxylic acids is 1. The van der Waals surface area contributed by atoms with E-state index >= 15 is 4.48 Å². The summed E-state index contributed by atoms with van der Waals surface area (Å²) in [6, 6.07) is 16.2. The van der Waals surface area contributed by atoms with Crippen molar-refractivity contribution in [3.05, 3.63) is 78.9 Å². The fourth-order valence-corrected chi connectivity index (χ4v) is 3.39. The minimum Gasteiger partial charge on any atom is -0.361 e. The minimum absolute atomic E-state index is 0.0276. The highest BCUT2D eigenvalue weighted by atomic mass is 19.2. The molecule has 2 aromatic carbocycles. The van der Waals surface area contributed by atoms with Gasteiger partial charge in [-0.3, -0.25) is 14.9 Å². The summed E-state index contributed by atoms with van der Waals surface area (Å²) in [6.45, 7) is 0. The number of amides is 1. The lowest BCUT2D eigenvalue weighted by Gasteiger charge is -2.14. The molecule has 1 amide bonds. The number of halogens is 1. The molecule has 3 heterocycles. The first kappa shape index (κ1) is 16.2. The highest BCUT2D eigenvalue weighted by Gasteiger charge is 2.22. The summed E-state index contributed by atoms with van der Waals surface area (Å²) < 4.78 is 15.2. The van der Waals surface area contributed by atoms with Crippen LogP contribution < -0.4 is 5.12 Å². The first-order chi connectivity index (χ1) is 13.7. The van der Waals surface area contributed by atoms with E-state index in [2.05, 4.69) is 20.2 Å². The van der Waals surface area contributed by atoms with Gasteiger partial charge in [0.25, 0.3) is 0 Å². The molecule has 6 nitrogen and oxygen atoms in total. The molecule has 2 N–H and O–H groups in total. The van der Waals surface area contributed by atoms with Gasteiger partial charge in [0.2, 0.25) is 0 Å². The second-order valence-corrected chi connectivity index (χ2v) is 6.37. The molecule has 5 rings (SSSR count). The maximum Gasteiger partial charge on any atom is 0.304 e. The van der Waals surface area contributed by atoms with Crippen LogP contribution in [0, 0.1) is 0 Å². The lowest BCUT2D eigenvalue weighted by molar-refractivity contribution is 0.0927. The van der Waals surface area contributed by atoms with E-state index in [1.807, 2.05) is 36.5 Å². The Labute approximate surface area is 158 Å². The number of carbonyl (C=O) groups is 1. The fourth-order valence-electron chi connectivity index (χ4n) is 3.39. The SMILES string of the molecule is O=C(c1ccccn1)N(F)c1cc(-c2cccc3[nH]ccc23)cc2[nH]ncc12. The maximum absolute atomic E-state index is 15.2. The van der Waals surface area contributed by atoms with Crippen LogP contribution in [-0.2, 0) is 0 Å². The van der Waals surface area contributed by atoms with Crippen LogP contribution >= 0.6 is 0 Å². The van der Waals surface area contributed by atoms with Crippen LogP contribution in [0.2, 0.25) is 0 Å². The zero-order valence-corrected chi connectivity index (χ0v) is 14.6. The summed E-state index contributed by atoms with van der Waals surface area (Å²) in [7, 11) is 0. The quantitative estimate of drug-likeness (QED) is 0.454. The van der Waals surface area contributed by atoms with Crippen molar-refractivity contribution < 1.29 is 9.28 Å². The van der Waals surface area contributed by atoms with E-state index < -0.39 is 5.91 Å². The molecule has 0 aliphatic heterocycles. The van der Waals surface area contributed by atoms with Gasteiger partial charge in [-0.25, -0.2) is 0 Å². The zero-order chi connectivity index (χ0) is 19.1. The van der Waals surface area contributed by atoms with E-state index in [1.54, 1.807) is 18.2 Å². The summed E-state index contributed by atoms with van der Waals surface area (Å²) in [5.41, 5.74) is 3.45. The first-order valence-corrected chi connectivity index (χ1v) is 8.67. The molecule has 3 aromatic heterocycles. The van der Waals surface area contributed by atoms with Crippen LogP contribution in [0.4, 0.5) is 10.2 Å². The summed E-state index contributed by atoms with van der Waals surface area (Å²) in [6.07, 6.45) is 4.82. The van der Waals surface area contributed by atoms with Gasteiger partial charge in [-0.2, -0.15) is 5.10 Å². The van der Waals surface area contributed by atoms with Gasteiger partial charge >= 0.3 is 5.91 Å². The molecular weight excluding hydrogens is 357 g/mol. The highest BCUT2D eigenvalue weighted by Crippen LogP contribution is 2.36. The van der Waals surface area contributed by atoms with Crippen molar-refractivity contribution in [1.29, 1.82) is 0 Å². The zero-order valence-electron chi connectivity index (χ0n) is 14.6. The number of rotatable bonds is 3. The Kier molecular flexibility index (Phi) is 3.65. The van der Waals surface area contributed by atoms with Gasteiger partial charge in [-0.1, -0.05) is 22.7 Å². The van der Waals surface area contributed by atoms with E-state index in [1.165, 1.54) is 18.5 Å². The van der Waals surface area contributed by atoms with Crippen molar-refractivity contribution >= 4 is 33.4 Å². The molecule has 28 heavy (non-hydrogen) atoms. The van der Waals surface area contributed by atoms with Gasteiger partial charge in [0, 0.05) is 28.7 Å². The van der Waals surface area contributed by atoms with Crippen LogP contribution in [0.5, 0.6) is 0 Å². The van der Waals surface area contributed by atoms with E-state index in [-0.39, 0.29) is 16.5 Å². The molecule has 5 aromatic rings. The molecule has 0 bridgehead atoms. The van der Waals surface area contributed by atoms with Crippen LogP contribution in [0.15, 0.2) is 73.2 Å². The van der Waals surface area contributed by atoms with Gasteiger partial charge in [0.15, 0.2) is 0 Å². The minimum atomic E-state index is -0.833. The van der Waals surface area contributed by atoms with Gasteiger partial charge in [-0.05, 0) is 47.5 Å². The summed E-state index contributed by atoms with van der Waals surface area (Å²) in [5, 5.41) is 8.52. The molecule has 136 valence electrons. The molecular formula is C21H14FN5O. The van der Waals surface area contributed by atoms with E-state index in [0.717, 1.165) is 22.0 Å². The Morgan fingerprint density at radius 2 is 1.93 bits per heavy atom. The number of aromatic amines is 2. The van der Waals surface area contributed by atoms with Crippen molar-refractivity contribution in [2.24, 2.45) is 0 Å². The molecule has 0 saturated heterocycles. The molecule has 0 fully saturated rings. The third-order valence-electron chi connectivity index (χ3n) is 4.72. The molecule has 0 spiro atoms.